The Labute approximate surface area is 223 Å². The summed E-state index contributed by atoms with van der Waals surface area (Å²) in [5.74, 6) is 1.08. The molecule has 5 heterocycles. The number of carbonyl (C=O) groups excluding carboxylic acids is 2. The van der Waals surface area contributed by atoms with Crippen molar-refractivity contribution >= 4 is 23.2 Å². The zero-order chi connectivity index (χ0) is 25.6. The predicted octanol–water partition coefficient (Wildman–Crippen LogP) is 3.94. The van der Waals surface area contributed by atoms with Crippen LogP contribution in [0.2, 0.25) is 0 Å². The maximum atomic E-state index is 13.1. The number of carbonyl (C=O) groups is 2. The fraction of sp³-hybridized carbons (Fsp3) is 0.607. The molecule has 0 aromatic carbocycles. The summed E-state index contributed by atoms with van der Waals surface area (Å²) in [4.78, 5) is 35.6. The first-order valence-corrected chi connectivity index (χ1v) is 14.9. The highest BCUT2D eigenvalue weighted by Gasteiger charge is 2.28. The molecular formula is C28H40N6O2S. The summed E-state index contributed by atoms with van der Waals surface area (Å²) in [6, 6.07) is 2.37. The predicted molar refractivity (Wildman–Crippen MR) is 147 cm³/mol. The molecule has 200 valence electrons. The molecular weight excluding hydrogens is 484 g/mol. The number of fused-ring (bicyclic) bond motifs is 1. The zero-order valence-corrected chi connectivity index (χ0v) is 22.7. The van der Waals surface area contributed by atoms with E-state index >= 15 is 0 Å². The Morgan fingerprint density at radius 1 is 1.24 bits per heavy atom. The molecule has 1 fully saturated rings. The van der Waals surface area contributed by atoms with E-state index in [-0.39, 0.29) is 11.8 Å². The summed E-state index contributed by atoms with van der Waals surface area (Å²) >= 11 is 1.62. The lowest BCUT2D eigenvalue weighted by Crippen LogP contribution is -2.38. The number of nitrogens with one attached hydrogen (secondary N) is 4. The van der Waals surface area contributed by atoms with Gasteiger partial charge in [0.2, 0.25) is 0 Å². The topological polar surface area (TPSA) is 102 Å². The van der Waals surface area contributed by atoms with Crippen LogP contribution in [0.1, 0.15) is 95.0 Å². The number of nitrogens with zero attached hydrogens (tertiary/aromatic N) is 2. The van der Waals surface area contributed by atoms with Crippen molar-refractivity contribution < 1.29 is 9.59 Å². The maximum absolute atomic E-state index is 13.1. The van der Waals surface area contributed by atoms with Gasteiger partial charge in [-0.2, -0.15) is 0 Å². The van der Waals surface area contributed by atoms with Crippen LogP contribution in [0.3, 0.4) is 0 Å². The molecule has 37 heavy (non-hydrogen) atoms. The molecule has 2 atom stereocenters. The summed E-state index contributed by atoms with van der Waals surface area (Å²) in [5, 5.41) is 12.9. The third kappa shape index (κ3) is 6.26. The number of aromatic nitrogens is 2. The van der Waals surface area contributed by atoms with Gasteiger partial charge in [0.05, 0.1) is 5.01 Å². The van der Waals surface area contributed by atoms with Crippen LogP contribution >= 0.6 is 11.3 Å². The number of rotatable bonds is 9. The van der Waals surface area contributed by atoms with Gasteiger partial charge in [-0.05, 0) is 55.9 Å². The van der Waals surface area contributed by atoms with Crippen molar-refractivity contribution in [3.63, 3.8) is 0 Å². The number of amides is 2. The van der Waals surface area contributed by atoms with Crippen LogP contribution < -0.4 is 16.0 Å². The smallest absolute Gasteiger partial charge is 0.273 e. The van der Waals surface area contributed by atoms with Gasteiger partial charge in [0.15, 0.2) is 0 Å². The van der Waals surface area contributed by atoms with Gasteiger partial charge in [0.1, 0.15) is 11.4 Å². The van der Waals surface area contributed by atoms with Crippen LogP contribution in [-0.4, -0.2) is 58.9 Å². The molecule has 2 aromatic heterocycles. The van der Waals surface area contributed by atoms with E-state index < -0.39 is 0 Å². The molecule has 9 heteroatoms. The van der Waals surface area contributed by atoms with E-state index in [0.717, 1.165) is 82.6 Å². The lowest BCUT2D eigenvalue weighted by molar-refractivity contribution is 0.0680. The SMILES string of the molecule is CCC1NC=CCC1c1nc(C(=O)N2CCC(CCCCNC(=O)c3cc4c([nH]3)CCNC4)CC2)cs1. The Kier molecular flexibility index (Phi) is 8.61. The summed E-state index contributed by atoms with van der Waals surface area (Å²) in [6.07, 6.45) is 12.5. The van der Waals surface area contributed by atoms with Crippen molar-refractivity contribution in [2.24, 2.45) is 5.92 Å². The number of likely N-dealkylation sites (tertiary alicyclic amines) is 1. The first-order chi connectivity index (χ1) is 18.1. The first kappa shape index (κ1) is 26.0. The maximum Gasteiger partial charge on any atom is 0.273 e. The Hall–Kier alpha value is -2.65. The van der Waals surface area contributed by atoms with Gasteiger partial charge in [-0.3, -0.25) is 9.59 Å². The van der Waals surface area contributed by atoms with E-state index in [1.807, 2.05) is 22.5 Å². The highest BCUT2D eigenvalue weighted by Crippen LogP contribution is 2.31. The Morgan fingerprint density at radius 3 is 2.92 bits per heavy atom. The van der Waals surface area contributed by atoms with E-state index in [9.17, 15) is 9.59 Å². The quantitative estimate of drug-likeness (QED) is 0.372. The summed E-state index contributed by atoms with van der Waals surface area (Å²) in [5.41, 5.74) is 3.68. The highest BCUT2D eigenvalue weighted by atomic mass is 32.1. The lowest BCUT2D eigenvalue weighted by atomic mass is 9.91. The molecule has 5 rings (SSSR count). The van der Waals surface area contributed by atoms with Gasteiger partial charge in [-0.25, -0.2) is 4.98 Å². The molecule has 1 saturated heterocycles. The van der Waals surface area contributed by atoms with E-state index in [2.05, 4.69) is 33.9 Å². The van der Waals surface area contributed by atoms with E-state index in [0.29, 0.717) is 35.8 Å². The molecule has 2 unspecified atom stereocenters. The Bertz CT molecular complexity index is 1080. The van der Waals surface area contributed by atoms with Crippen LogP contribution in [0, 0.1) is 5.92 Å². The van der Waals surface area contributed by atoms with Gasteiger partial charge in [-0.1, -0.05) is 25.8 Å². The van der Waals surface area contributed by atoms with E-state index in [1.54, 1.807) is 11.3 Å². The molecule has 0 spiro atoms. The summed E-state index contributed by atoms with van der Waals surface area (Å²) < 4.78 is 0. The van der Waals surface area contributed by atoms with Gasteiger partial charge in [0, 0.05) is 62.2 Å². The van der Waals surface area contributed by atoms with Crippen LogP contribution in [0.5, 0.6) is 0 Å². The molecule has 3 aliphatic heterocycles. The summed E-state index contributed by atoms with van der Waals surface area (Å²) in [6.45, 7) is 6.31. The second kappa shape index (κ2) is 12.3. The second-order valence-electron chi connectivity index (χ2n) is 10.6. The lowest BCUT2D eigenvalue weighted by Gasteiger charge is -2.31. The second-order valence-corrected chi connectivity index (χ2v) is 11.5. The largest absolute Gasteiger partial charge is 0.388 e. The zero-order valence-electron chi connectivity index (χ0n) is 21.9. The fourth-order valence-electron chi connectivity index (χ4n) is 5.84. The molecule has 2 aromatic rings. The van der Waals surface area contributed by atoms with Gasteiger partial charge < -0.3 is 25.8 Å². The molecule has 0 radical (unpaired) electrons. The Balaban J connectivity index is 0.998. The molecule has 2 amide bonds. The number of hydrogen-bond donors (Lipinski definition) is 4. The van der Waals surface area contributed by atoms with E-state index in [4.69, 9.17) is 4.98 Å². The van der Waals surface area contributed by atoms with Crippen molar-refractivity contribution in [3.8, 4) is 0 Å². The molecule has 4 N–H and O–H groups in total. The molecule has 0 aliphatic carbocycles. The third-order valence-corrected chi connectivity index (χ3v) is 9.11. The van der Waals surface area contributed by atoms with Crippen LogP contribution in [0.15, 0.2) is 23.7 Å². The minimum atomic E-state index is -0.00662. The van der Waals surface area contributed by atoms with Gasteiger partial charge >= 0.3 is 0 Å². The molecule has 0 saturated carbocycles. The van der Waals surface area contributed by atoms with Crippen molar-refractivity contribution in [1.29, 1.82) is 0 Å². The van der Waals surface area contributed by atoms with Crippen molar-refractivity contribution in [3.05, 3.63) is 51.4 Å². The normalized spacial score (nSPS) is 21.9. The number of H-pyrrole nitrogens is 1. The molecule has 3 aliphatic rings. The average molecular weight is 525 g/mol. The van der Waals surface area contributed by atoms with Crippen LogP contribution in [0.4, 0.5) is 0 Å². The van der Waals surface area contributed by atoms with Crippen molar-refractivity contribution in [1.82, 2.24) is 30.8 Å². The van der Waals surface area contributed by atoms with Gasteiger partial charge in [0.25, 0.3) is 11.8 Å². The molecule has 0 bridgehead atoms. The number of thiazole rings is 1. The number of allylic oxidation sites excluding steroid dienone is 1. The third-order valence-electron chi connectivity index (χ3n) is 8.13. The minimum Gasteiger partial charge on any atom is -0.388 e. The van der Waals surface area contributed by atoms with Gasteiger partial charge in [-0.15, -0.1) is 11.3 Å². The van der Waals surface area contributed by atoms with Crippen molar-refractivity contribution in [2.75, 3.05) is 26.2 Å². The Morgan fingerprint density at radius 2 is 2.11 bits per heavy atom. The summed E-state index contributed by atoms with van der Waals surface area (Å²) in [7, 11) is 0. The first-order valence-electron chi connectivity index (χ1n) is 14.0. The standard InChI is InChI=1S/C28H40N6O2S/c1-2-22-21(7-5-12-30-22)27-33-25(18-37-27)28(36)34-14-9-19(10-15-34)6-3-4-11-31-26(35)24-16-20-17-29-13-8-23(20)32-24/h5,12,16,18-19,21-22,29-30,32H,2-4,6-11,13-15,17H2,1H3,(H,31,35). The molecule has 8 nitrogen and oxygen atoms in total. The monoisotopic (exact) mass is 524 g/mol. The fourth-order valence-corrected chi connectivity index (χ4v) is 6.81. The number of piperidine rings is 1. The minimum absolute atomic E-state index is 0.00662. The average Bonchev–Trinajstić information content (AvgIpc) is 3.60. The van der Waals surface area contributed by atoms with Crippen molar-refractivity contribution in [2.45, 2.75) is 76.8 Å². The number of aromatic amines is 1. The highest BCUT2D eigenvalue weighted by molar-refractivity contribution is 7.10. The number of unbranched alkanes of at least 4 members (excludes halogenated alkanes) is 1. The van der Waals surface area contributed by atoms with Crippen LogP contribution in [-0.2, 0) is 13.0 Å². The number of hydrogen-bond acceptors (Lipinski definition) is 6. The van der Waals surface area contributed by atoms with E-state index in [1.165, 1.54) is 11.3 Å². The van der Waals surface area contributed by atoms with Crippen LogP contribution in [0.25, 0.3) is 0 Å².